The van der Waals surface area contributed by atoms with Crippen molar-refractivity contribution in [2.24, 2.45) is 0 Å². The standard InChI is InChI=1S/C18H24N4O2/c1-4-13(2)22-18-20-11-15(12-21-18)17(23)19-10-9-14-5-7-16(24-3)8-6-14/h5-8,11-13H,4,9-10H2,1-3H3,(H,19,23)(H,20,21,22). The maximum atomic E-state index is 12.1. The van der Waals surface area contributed by atoms with Crippen LogP contribution in [0.15, 0.2) is 36.7 Å². The van der Waals surface area contributed by atoms with Gasteiger partial charge in [-0.2, -0.15) is 0 Å². The van der Waals surface area contributed by atoms with Gasteiger partial charge in [-0.15, -0.1) is 0 Å². The molecule has 24 heavy (non-hydrogen) atoms. The molecule has 2 rings (SSSR count). The van der Waals surface area contributed by atoms with Crippen LogP contribution in [0.4, 0.5) is 5.95 Å². The van der Waals surface area contributed by atoms with Crippen molar-refractivity contribution in [3.63, 3.8) is 0 Å². The monoisotopic (exact) mass is 328 g/mol. The Balaban J connectivity index is 1.81. The molecule has 1 aromatic carbocycles. The molecule has 1 amide bonds. The van der Waals surface area contributed by atoms with E-state index < -0.39 is 0 Å². The molecule has 0 bridgehead atoms. The second-order valence-electron chi connectivity index (χ2n) is 5.60. The smallest absolute Gasteiger partial charge is 0.254 e. The molecular weight excluding hydrogens is 304 g/mol. The van der Waals surface area contributed by atoms with E-state index in [1.807, 2.05) is 24.3 Å². The van der Waals surface area contributed by atoms with Crippen molar-refractivity contribution in [2.75, 3.05) is 19.0 Å². The van der Waals surface area contributed by atoms with Crippen LogP contribution in [0.25, 0.3) is 0 Å². The number of methoxy groups -OCH3 is 1. The van der Waals surface area contributed by atoms with Crippen LogP contribution < -0.4 is 15.4 Å². The van der Waals surface area contributed by atoms with Gasteiger partial charge in [0.1, 0.15) is 5.75 Å². The molecule has 0 saturated carbocycles. The van der Waals surface area contributed by atoms with Gasteiger partial charge < -0.3 is 15.4 Å². The number of hydrogen-bond acceptors (Lipinski definition) is 5. The van der Waals surface area contributed by atoms with Crippen molar-refractivity contribution in [3.05, 3.63) is 47.8 Å². The van der Waals surface area contributed by atoms with Crippen LogP contribution in [0, 0.1) is 0 Å². The molecule has 0 spiro atoms. The van der Waals surface area contributed by atoms with Crippen molar-refractivity contribution in [3.8, 4) is 5.75 Å². The Labute approximate surface area is 142 Å². The predicted molar refractivity (Wildman–Crippen MR) is 94.4 cm³/mol. The first kappa shape index (κ1) is 17.7. The minimum Gasteiger partial charge on any atom is -0.497 e. The Morgan fingerprint density at radius 1 is 1.21 bits per heavy atom. The molecule has 1 heterocycles. The first-order chi connectivity index (χ1) is 11.6. The van der Waals surface area contributed by atoms with Crippen LogP contribution in [-0.2, 0) is 6.42 Å². The number of rotatable bonds is 8. The maximum absolute atomic E-state index is 12.1. The third-order valence-electron chi connectivity index (χ3n) is 3.76. The number of ether oxygens (including phenoxy) is 1. The van der Waals surface area contributed by atoms with E-state index in [1.165, 1.54) is 0 Å². The number of anilines is 1. The van der Waals surface area contributed by atoms with Gasteiger partial charge in [0.05, 0.1) is 12.7 Å². The summed E-state index contributed by atoms with van der Waals surface area (Å²) in [6, 6.07) is 8.10. The molecule has 2 N–H and O–H groups in total. The molecule has 0 aliphatic rings. The van der Waals surface area contributed by atoms with Crippen molar-refractivity contribution < 1.29 is 9.53 Å². The summed E-state index contributed by atoms with van der Waals surface area (Å²) in [6.07, 6.45) is 4.82. The van der Waals surface area contributed by atoms with Crippen molar-refractivity contribution in [1.29, 1.82) is 0 Å². The number of carbonyl (C=O) groups excluding carboxylic acids is 1. The fraction of sp³-hybridized carbons (Fsp3) is 0.389. The van der Waals surface area contributed by atoms with Crippen molar-refractivity contribution in [1.82, 2.24) is 15.3 Å². The Kier molecular flexibility index (Phi) is 6.54. The number of hydrogen-bond donors (Lipinski definition) is 2. The zero-order chi connectivity index (χ0) is 17.4. The van der Waals surface area contributed by atoms with E-state index in [-0.39, 0.29) is 5.91 Å². The zero-order valence-electron chi connectivity index (χ0n) is 14.4. The van der Waals surface area contributed by atoms with Crippen LogP contribution in [-0.4, -0.2) is 35.6 Å². The third kappa shape index (κ3) is 5.22. The molecule has 0 aliphatic heterocycles. The number of nitrogens with zero attached hydrogens (tertiary/aromatic N) is 2. The predicted octanol–water partition coefficient (Wildman–Crippen LogP) is 2.67. The lowest BCUT2D eigenvalue weighted by Gasteiger charge is -2.11. The van der Waals surface area contributed by atoms with Crippen LogP contribution >= 0.6 is 0 Å². The van der Waals surface area contributed by atoms with Gasteiger partial charge in [-0.1, -0.05) is 19.1 Å². The van der Waals surface area contributed by atoms with E-state index >= 15 is 0 Å². The van der Waals surface area contributed by atoms with E-state index in [2.05, 4.69) is 34.4 Å². The third-order valence-corrected chi connectivity index (χ3v) is 3.76. The lowest BCUT2D eigenvalue weighted by molar-refractivity contribution is 0.0953. The minimum atomic E-state index is -0.168. The van der Waals surface area contributed by atoms with Gasteiger partial charge in [-0.05, 0) is 37.5 Å². The van der Waals surface area contributed by atoms with Crippen LogP contribution in [0.1, 0.15) is 36.2 Å². The summed E-state index contributed by atoms with van der Waals surface area (Å²) in [5, 5.41) is 6.04. The lowest BCUT2D eigenvalue weighted by atomic mass is 10.1. The Hall–Kier alpha value is -2.63. The first-order valence-electron chi connectivity index (χ1n) is 8.12. The van der Waals surface area contributed by atoms with Gasteiger partial charge in [0.15, 0.2) is 0 Å². The molecule has 2 aromatic rings. The average molecular weight is 328 g/mol. The fourth-order valence-corrected chi connectivity index (χ4v) is 2.06. The van der Waals surface area contributed by atoms with Gasteiger partial charge >= 0.3 is 0 Å². The van der Waals surface area contributed by atoms with Gasteiger partial charge in [0, 0.05) is 25.0 Å². The maximum Gasteiger partial charge on any atom is 0.254 e. The zero-order valence-corrected chi connectivity index (χ0v) is 14.4. The van der Waals surface area contributed by atoms with E-state index in [1.54, 1.807) is 19.5 Å². The Morgan fingerprint density at radius 2 is 1.88 bits per heavy atom. The minimum absolute atomic E-state index is 0.168. The number of benzene rings is 1. The van der Waals surface area contributed by atoms with Crippen LogP contribution in [0.5, 0.6) is 5.75 Å². The van der Waals surface area contributed by atoms with Gasteiger partial charge in [0.25, 0.3) is 5.91 Å². The highest BCUT2D eigenvalue weighted by Gasteiger charge is 2.07. The number of amides is 1. The Bertz CT molecular complexity index is 641. The molecule has 0 saturated heterocycles. The van der Waals surface area contributed by atoms with E-state index in [0.29, 0.717) is 24.1 Å². The van der Waals surface area contributed by atoms with Gasteiger partial charge in [-0.3, -0.25) is 4.79 Å². The summed E-state index contributed by atoms with van der Waals surface area (Å²) in [7, 11) is 1.64. The summed E-state index contributed by atoms with van der Waals surface area (Å²) in [5.41, 5.74) is 1.60. The van der Waals surface area contributed by atoms with Gasteiger partial charge in [-0.25, -0.2) is 9.97 Å². The second-order valence-corrected chi connectivity index (χ2v) is 5.60. The molecular formula is C18H24N4O2. The van der Waals surface area contributed by atoms with Crippen molar-refractivity contribution >= 4 is 11.9 Å². The Morgan fingerprint density at radius 3 is 2.46 bits per heavy atom. The molecule has 1 atom stereocenters. The number of carbonyl (C=O) groups is 1. The molecule has 1 aromatic heterocycles. The normalized spacial score (nSPS) is 11.6. The first-order valence-corrected chi connectivity index (χ1v) is 8.12. The van der Waals surface area contributed by atoms with Crippen LogP contribution in [0.2, 0.25) is 0 Å². The lowest BCUT2D eigenvalue weighted by Crippen LogP contribution is -2.26. The summed E-state index contributed by atoms with van der Waals surface area (Å²) in [5.74, 6) is 1.20. The van der Waals surface area contributed by atoms with Gasteiger partial charge in [0.2, 0.25) is 5.95 Å². The summed E-state index contributed by atoms with van der Waals surface area (Å²) in [6.45, 7) is 4.70. The highest BCUT2D eigenvalue weighted by molar-refractivity contribution is 5.93. The van der Waals surface area contributed by atoms with Crippen molar-refractivity contribution in [2.45, 2.75) is 32.7 Å². The topological polar surface area (TPSA) is 76.1 Å². The summed E-state index contributed by atoms with van der Waals surface area (Å²) >= 11 is 0. The fourth-order valence-electron chi connectivity index (χ4n) is 2.06. The molecule has 0 radical (unpaired) electrons. The molecule has 0 aliphatic carbocycles. The highest BCUT2D eigenvalue weighted by Crippen LogP contribution is 2.11. The SMILES string of the molecule is CCC(C)Nc1ncc(C(=O)NCCc2ccc(OC)cc2)cn1. The highest BCUT2D eigenvalue weighted by atomic mass is 16.5. The number of nitrogens with one attached hydrogen (secondary N) is 2. The van der Waals surface area contributed by atoms with E-state index in [4.69, 9.17) is 4.74 Å². The molecule has 6 heteroatoms. The largest absolute Gasteiger partial charge is 0.497 e. The molecule has 1 unspecified atom stereocenters. The quantitative estimate of drug-likeness (QED) is 0.779. The molecule has 6 nitrogen and oxygen atoms in total. The van der Waals surface area contributed by atoms with E-state index in [0.717, 1.165) is 24.2 Å². The number of aromatic nitrogens is 2. The second kappa shape index (κ2) is 8.86. The molecule has 0 fully saturated rings. The molecule has 128 valence electrons. The summed E-state index contributed by atoms with van der Waals surface area (Å²) in [4.78, 5) is 20.4. The summed E-state index contributed by atoms with van der Waals surface area (Å²) < 4.78 is 5.12. The van der Waals surface area contributed by atoms with E-state index in [9.17, 15) is 4.79 Å². The van der Waals surface area contributed by atoms with Crippen LogP contribution in [0.3, 0.4) is 0 Å². The average Bonchev–Trinajstić information content (AvgIpc) is 2.62.